The number of nitrogen functional groups attached to an aromatic ring is 1. The lowest BCUT2D eigenvalue weighted by Crippen LogP contribution is -2.08. The topological polar surface area (TPSA) is 106 Å². The zero-order chi connectivity index (χ0) is 19.3. The quantitative estimate of drug-likeness (QED) is 0.573. The number of hydrogen-bond donors (Lipinski definition) is 3. The molecule has 1 aliphatic carbocycles. The number of nitrogens with two attached hydrogens (primary N) is 1. The van der Waals surface area contributed by atoms with Gasteiger partial charge >= 0.3 is 0 Å². The molecule has 1 aliphatic rings. The number of rotatable bonds is 6. The van der Waals surface area contributed by atoms with Crippen LogP contribution in [0.25, 0.3) is 17.3 Å². The van der Waals surface area contributed by atoms with E-state index in [0.29, 0.717) is 17.4 Å². The van der Waals surface area contributed by atoms with E-state index in [2.05, 4.69) is 25.6 Å². The highest BCUT2D eigenvalue weighted by atomic mass is 16.1. The van der Waals surface area contributed by atoms with Crippen molar-refractivity contribution in [3.05, 3.63) is 66.5 Å². The van der Waals surface area contributed by atoms with Crippen molar-refractivity contribution < 1.29 is 4.79 Å². The minimum absolute atomic E-state index is 0.217. The van der Waals surface area contributed by atoms with Crippen LogP contribution in [-0.4, -0.2) is 26.9 Å². The third kappa shape index (κ3) is 4.70. The van der Waals surface area contributed by atoms with Crippen LogP contribution in [0.2, 0.25) is 0 Å². The standard InChI is InChI=1S/C21H20N6O/c22-21-26-18(12-19(27-21)24-16-7-8-16)15-4-1-5-17(11-15)25-20(28)9-6-14-3-2-10-23-13-14/h1-6,9-13,16H,7-8H2,(H,25,28)(H3,22,24,26,27)/b9-6+. The SMILES string of the molecule is Nc1nc(NC2CC2)cc(-c2cccc(NC(=O)/C=C/c3cccnc3)c2)n1. The summed E-state index contributed by atoms with van der Waals surface area (Å²) < 4.78 is 0. The molecule has 140 valence electrons. The Morgan fingerprint density at radius 3 is 2.82 bits per heavy atom. The Balaban J connectivity index is 1.49. The first kappa shape index (κ1) is 17.7. The molecule has 0 atom stereocenters. The Morgan fingerprint density at radius 1 is 1.14 bits per heavy atom. The van der Waals surface area contributed by atoms with Gasteiger partial charge in [0.15, 0.2) is 0 Å². The highest BCUT2D eigenvalue weighted by Gasteiger charge is 2.21. The van der Waals surface area contributed by atoms with E-state index in [9.17, 15) is 4.79 Å². The maximum atomic E-state index is 12.2. The number of nitrogens with zero attached hydrogens (tertiary/aromatic N) is 3. The van der Waals surface area contributed by atoms with Crippen molar-refractivity contribution in [2.24, 2.45) is 0 Å². The van der Waals surface area contributed by atoms with Crippen LogP contribution >= 0.6 is 0 Å². The molecule has 2 heterocycles. The summed E-state index contributed by atoms with van der Waals surface area (Å²) in [6.45, 7) is 0. The number of carbonyl (C=O) groups excluding carboxylic acids is 1. The van der Waals surface area contributed by atoms with Crippen LogP contribution in [0.5, 0.6) is 0 Å². The van der Waals surface area contributed by atoms with E-state index in [0.717, 1.165) is 29.8 Å². The minimum atomic E-state index is -0.223. The molecule has 0 bridgehead atoms. The van der Waals surface area contributed by atoms with Gasteiger partial charge in [-0.15, -0.1) is 0 Å². The van der Waals surface area contributed by atoms with Crippen LogP contribution < -0.4 is 16.4 Å². The molecule has 0 unspecified atom stereocenters. The fourth-order valence-electron chi connectivity index (χ4n) is 2.71. The van der Waals surface area contributed by atoms with E-state index in [1.165, 1.54) is 6.08 Å². The number of aromatic nitrogens is 3. The molecule has 2 aromatic heterocycles. The van der Waals surface area contributed by atoms with Crippen LogP contribution in [0.15, 0.2) is 60.9 Å². The zero-order valence-corrected chi connectivity index (χ0v) is 15.2. The van der Waals surface area contributed by atoms with Crippen LogP contribution in [-0.2, 0) is 4.79 Å². The highest BCUT2D eigenvalue weighted by molar-refractivity contribution is 6.02. The van der Waals surface area contributed by atoms with E-state index in [1.807, 2.05) is 42.5 Å². The Bertz CT molecular complexity index is 1010. The van der Waals surface area contributed by atoms with Crippen molar-refractivity contribution in [1.29, 1.82) is 0 Å². The Labute approximate surface area is 162 Å². The third-order valence-corrected chi connectivity index (χ3v) is 4.21. The second kappa shape index (κ2) is 7.87. The molecule has 1 amide bonds. The first-order valence-electron chi connectivity index (χ1n) is 9.06. The smallest absolute Gasteiger partial charge is 0.248 e. The summed E-state index contributed by atoms with van der Waals surface area (Å²) in [4.78, 5) is 24.8. The highest BCUT2D eigenvalue weighted by Crippen LogP contribution is 2.27. The summed E-state index contributed by atoms with van der Waals surface area (Å²) in [5.74, 6) is 0.715. The van der Waals surface area contributed by atoms with Gasteiger partial charge in [0.2, 0.25) is 11.9 Å². The number of amides is 1. The van der Waals surface area contributed by atoms with Crippen LogP contribution in [0.1, 0.15) is 18.4 Å². The van der Waals surface area contributed by atoms with Crippen molar-refractivity contribution in [3.8, 4) is 11.3 Å². The van der Waals surface area contributed by atoms with Crippen molar-refractivity contribution >= 4 is 29.4 Å². The van der Waals surface area contributed by atoms with Gasteiger partial charge in [-0.3, -0.25) is 9.78 Å². The second-order valence-corrected chi connectivity index (χ2v) is 6.60. The van der Waals surface area contributed by atoms with Gasteiger partial charge < -0.3 is 16.4 Å². The predicted molar refractivity (Wildman–Crippen MR) is 110 cm³/mol. The zero-order valence-electron chi connectivity index (χ0n) is 15.2. The van der Waals surface area contributed by atoms with Gasteiger partial charge in [-0.1, -0.05) is 18.2 Å². The number of pyridine rings is 1. The summed E-state index contributed by atoms with van der Waals surface area (Å²) in [6, 6.07) is 13.5. The fourth-order valence-corrected chi connectivity index (χ4v) is 2.71. The van der Waals surface area contributed by atoms with E-state index in [-0.39, 0.29) is 11.9 Å². The average molecular weight is 372 g/mol. The Hall–Kier alpha value is -3.74. The lowest BCUT2D eigenvalue weighted by molar-refractivity contribution is -0.111. The Morgan fingerprint density at radius 2 is 2.04 bits per heavy atom. The van der Waals surface area contributed by atoms with Crippen molar-refractivity contribution in [2.75, 3.05) is 16.4 Å². The molecule has 1 fully saturated rings. The van der Waals surface area contributed by atoms with E-state index in [4.69, 9.17) is 5.73 Å². The average Bonchev–Trinajstić information content (AvgIpc) is 3.51. The van der Waals surface area contributed by atoms with E-state index >= 15 is 0 Å². The van der Waals surface area contributed by atoms with Crippen molar-refractivity contribution in [3.63, 3.8) is 0 Å². The molecule has 7 nitrogen and oxygen atoms in total. The molecular weight excluding hydrogens is 352 g/mol. The van der Waals surface area contributed by atoms with Gasteiger partial charge in [-0.25, -0.2) is 4.98 Å². The summed E-state index contributed by atoms with van der Waals surface area (Å²) >= 11 is 0. The monoisotopic (exact) mass is 372 g/mol. The molecule has 7 heteroatoms. The van der Waals surface area contributed by atoms with Crippen LogP contribution in [0, 0.1) is 0 Å². The third-order valence-electron chi connectivity index (χ3n) is 4.21. The molecule has 0 aliphatic heterocycles. The van der Waals surface area contributed by atoms with Gasteiger partial charge in [0.25, 0.3) is 0 Å². The van der Waals surface area contributed by atoms with Crippen molar-refractivity contribution in [2.45, 2.75) is 18.9 Å². The minimum Gasteiger partial charge on any atom is -0.368 e. The molecule has 0 spiro atoms. The number of anilines is 3. The number of carbonyl (C=O) groups is 1. The largest absolute Gasteiger partial charge is 0.368 e. The van der Waals surface area contributed by atoms with Crippen molar-refractivity contribution in [1.82, 2.24) is 15.0 Å². The molecule has 28 heavy (non-hydrogen) atoms. The molecule has 0 radical (unpaired) electrons. The van der Waals surface area contributed by atoms with Crippen LogP contribution in [0.4, 0.5) is 17.5 Å². The van der Waals surface area contributed by atoms with E-state index < -0.39 is 0 Å². The maximum Gasteiger partial charge on any atom is 0.248 e. The van der Waals surface area contributed by atoms with Gasteiger partial charge in [-0.2, -0.15) is 4.98 Å². The summed E-state index contributed by atoms with van der Waals surface area (Å²) in [5, 5.41) is 6.19. The molecule has 4 rings (SSSR count). The molecule has 1 aromatic carbocycles. The van der Waals surface area contributed by atoms with Gasteiger partial charge in [0.05, 0.1) is 5.69 Å². The predicted octanol–water partition coefficient (Wildman–Crippen LogP) is 3.35. The summed E-state index contributed by atoms with van der Waals surface area (Å²) in [7, 11) is 0. The van der Waals surface area contributed by atoms with Crippen LogP contribution in [0.3, 0.4) is 0 Å². The van der Waals surface area contributed by atoms with Gasteiger partial charge in [0, 0.05) is 41.8 Å². The molecule has 3 aromatic rings. The number of benzene rings is 1. The first-order valence-corrected chi connectivity index (χ1v) is 9.06. The molecule has 0 saturated heterocycles. The normalized spacial score (nSPS) is 13.4. The Kier molecular flexibility index (Phi) is 4.97. The van der Waals surface area contributed by atoms with E-state index in [1.54, 1.807) is 18.5 Å². The molecule has 4 N–H and O–H groups in total. The summed E-state index contributed by atoms with van der Waals surface area (Å²) in [5.41, 5.74) is 8.95. The lowest BCUT2D eigenvalue weighted by Gasteiger charge is -2.09. The summed E-state index contributed by atoms with van der Waals surface area (Å²) in [6.07, 6.45) is 8.86. The fraction of sp³-hybridized carbons (Fsp3) is 0.143. The molecule has 1 saturated carbocycles. The second-order valence-electron chi connectivity index (χ2n) is 6.60. The number of hydrogen-bond acceptors (Lipinski definition) is 6. The maximum absolute atomic E-state index is 12.2. The first-order chi connectivity index (χ1) is 13.7. The lowest BCUT2D eigenvalue weighted by atomic mass is 10.1. The molecular formula is C21H20N6O. The van der Waals surface area contributed by atoms with Gasteiger partial charge in [0.1, 0.15) is 5.82 Å². The number of nitrogens with one attached hydrogen (secondary N) is 2. The van der Waals surface area contributed by atoms with Gasteiger partial charge in [-0.05, 0) is 42.7 Å².